The molecule has 36 heavy (non-hydrogen) atoms. The summed E-state index contributed by atoms with van der Waals surface area (Å²) in [6.45, 7) is 4.87. The predicted octanol–water partition coefficient (Wildman–Crippen LogP) is 3.77. The average Bonchev–Trinajstić information content (AvgIpc) is 2.84. The molecule has 0 atom stereocenters. The zero-order valence-electron chi connectivity index (χ0n) is 20.7. The van der Waals surface area contributed by atoms with E-state index in [1.54, 1.807) is 22.6 Å². The molecular weight excluding hydrogens is 489 g/mol. The second-order valence-corrected chi connectivity index (χ2v) is 9.72. The first-order valence-electron chi connectivity index (χ1n) is 12.2. The molecule has 1 spiro atoms. The fraction of sp³-hybridized carbons (Fsp3) is 0.500. The molecule has 2 aliphatic rings. The maximum atomic E-state index is 14.3. The fourth-order valence-electron chi connectivity index (χ4n) is 5.08. The average molecular weight is 520 g/mol. The summed E-state index contributed by atoms with van der Waals surface area (Å²) < 4.78 is 27.2. The fourth-order valence-corrected chi connectivity index (χ4v) is 5.28. The summed E-state index contributed by atoms with van der Waals surface area (Å²) in [6.07, 6.45) is 4.32. The molecule has 2 aromatic rings. The van der Waals surface area contributed by atoms with Gasteiger partial charge in [0.25, 0.3) is 11.8 Å². The Morgan fingerprint density at radius 3 is 2.69 bits per heavy atom. The summed E-state index contributed by atoms with van der Waals surface area (Å²) in [5.74, 6) is -1.73. The molecule has 1 fully saturated rings. The molecule has 0 unspecified atom stereocenters. The van der Waals surface area contributed by atoms with Crippen molar-refractivity contribution in [1.29, 1.82) is 0 Å². The third-order valence-electron chi connectivity index (χ3n) is 7.05. The molecule has 0 saturated heterocycles. The van der Waals surface area contributed by atoms with E-state index in [4.69, 9.17) is 21.1 Å². The summed E-state index contributed by atoms with van der Waals surface area (Å²) in [6, 6.07) is 4.50. The van der Waals surface area contributed by atoms with Gasteiger partial charge in [0, 0.05) is 38.5 Å². The standard InChI is InChI=1S/C26H31ClFN3O5/c1-4-6-10-36-23-21-25(34)31(5-2)26(11-17(12-26)35-3)15-30(21)14-18(22(23)32)24(33)29-13-16-8-7-9-19(27)20(16)28/h7-9,14,17H,4-6,10-13,15H2,1-3H3,(H,29,33)/t17-,26-. The van der Waals surface area contributed by atoms with Crippen LogP contribution in [0.25, 0.3) is 0 Å². The lowest BCUT2D eigenvalue weighted by Crippen LogP contribution is -2.66. The van der Waals surface area contributed by atoms with E-state index in [1.807, 2.05) is 13.8 Å². The minimum absolute atomic E-state index is 0.0448. The normalized spacial score (nSPS) is 20.8. The Labute approximate surface area is 214 Å². The van der Waals surface area contributed by atoms with Crippen LogP contribution in [0, 0.1) is 5.82 Å². The Balaban J connectivity index is 1.71. The minimum Gasteiger partial charge on any atom is -0.487 e. The van der Waals surface area contributed by atoms with Gasteiger partial charge in [-0.25, -0.2) is 4.39 Å². The third kappa shape index (κ3) is 4.62. The monoisotopic (exact) mass is 519 g/mol. The van der Waals surface area contributed by atoms with Crippen molar-refractivity contribution in [1.82, 2.24) is 14.8 Å². The highest BCUT2D eigenvalue weighted by atomic mass is 35.5. The molecule has 1 aliphatic heterocycles. The predicted molar refractivity (Wildman–Crippen MR) is 133 cm³/mol. The molecule has 194 valence electrons. The van der Waals surface area contributed by atoms with Gasteiger partial charge in [0.15, 0.2) is 11.4 Å². The number of carbonyl (C=O) groups is 2. The van der Waals surface area contributed by atoms with Crippen LogP contribution in [-0.2, 0) is 17.8 Å². The molecule has 1 aliphatic carbocycles. The Hall–Kier alpha value is -2.91. The van der Waals surface area contributed by atoms with Gasteiger partial charge in [0.05, 0.1) is 23.3 Å². The van der Waals surface area contributed by atoms with Crippen molar-refractivity contribution >= 4 is 23.4 Å². The molecule has 1 N–H and O–H groups in total. The molecule has 1 aromatic carbocycles. The lowest BCUT2D eigenvalue weighted by Gasteiger charge is -2.56. The van der Waals surface area contributed by atoms with Gasteiger partial charge in [-0.1, -0.05) is 37.1 Å². The van der Waals surface area contributed by atoms with Crippen molar-refractivity contribution in [2.75, 3.05) is 20.3 Å². The van der Waals surface area contributed by atoms with Crippen molar-refractivity contribution in [3.05, 3.63) is 62.3 Å². The quantitative estimate of drug-likeness (QED) is 0.509. The third-order valence-corrected chi connectivity index (χ3v) is 7.34. The van der Waals surface area contributed by atoms with Gasteiger partial charge in [0.2, 0.25) is 5.43 Å². The smallest absolute Gasteiger partial charge is 0.275 e. The zero-order chi connectivity index (χ0) is 26.0. The van der Waals surface area contributed by atoms with Crippen LogP contribution in [0.4, 0.5) is 4.39 Å². The van der Waals surface area contributed by atoms with Gasteiger partial charge in [-0.15, -0.1) is 0 Å². The maximum absolute atomic E-state index is 14.3. The number of amides is 2. The van der Waals surface area contributed by atoms with E-state index in [0.29, 0.717) is 32.4 Å². The van der Waals surface area contributed by atoms with E-state index in [-0.39, 0.29) is 52.8 Å². The van der Waals surface area contributed by atoms with E-state index in [0.717, 1.165) is 6.42 Å². The second-order valence-electron chi connectivity index (χ2n) is 9.31. The van der Waals surface area contributed by atoms with Gasteiger partial charge < -0.3 is 24.3 Å². The minimum atomic E-state index is -0.683. The summed E-state index contributed by atoms with van der Waals surface area (Å²) in [4.78, 5) is 41.9. The van der Waals surface area contributed by atoms with Crippen LogP contribution in [0.3, 0.4) is 0 Å². The number of nitrogens with one attached hydrogen (secondary N) is 1. The summed E-state index contributed by atoms with van der Waals surface area (Å²) in [7, 11) is 1.65. The van der Waals surface area contributed by atoms with E-state index < -0.39 is 22.7 Å². The second kappa shape index (κ2) is 10.6. The molecule has 2 heterocycles. The van der Waals surface area contributed by atoms with Crippen LogP contribution in [0.5, 0.6) is 5.75 Å². The van der Waals surface area contributed by atoms with Gasteiger partial charge in [0.1, 0.15) is 11.4 Å². The number of benzene rings is 1. The van der Waals surface area contributed by atoms with Gasteiger partial charge in [-0.05, 0) is 32.3 Å². The molecule has 2 amide bonds. The Morgan fingerprint density at radius 1 is 1.28 bits per heavy atom. The van der Waals surface area contributed by atoms with Crippen molar-refractivity contribution in [2.45, 2.75) is 64.3 Å². The van der Waals surface area contributed by atoms with Crippen LogP contribution < -0.4 is 15.5 Å². The van der Waals surface area contributed by atoms with Crippen molar-refractivity contribution in [2.24, 2.45) is 0 Å². The number of carbonyl (C=O) groups excluding carboxylic acids is 2. The number of halogens is 2. The number of nitrogens with zero attached hydrogens (tertiary/aromatic N) is 2. The number of likely N-dealkylation sites (N-methyl/N-ethyl adjacent to an activating group) is 1. The van der Waals surface area contributed by atoms with Gasteiger partial charge >= 0.3 is 0 Å². The molecule has 10 heteroatoms. The number of hydrogen-bond acceptors (Lipinski definition) is 5. The summed E-state index contributed by atoms with van der Waals surface area (Å²) >= 11 is 5.83. The highest BCUT2D eigenvalue weighted by Gasteiger charge is 2.54. The summed E-state index contributed by atoms with van der Waals surface area (Å²) in [5, 5.41) is 2.55. The first-order chi connectivity index (χ1) is 17.3. The number of methoxy groups -OCH3 is 1. The molecule has 8 nitrogen and oxygen atoms in total. The van der Waals surface area contributed by atoms with Crippen LogP contribution in [0.2, 0.25) is 5.02 Å². The van der Waals surface area contributed by atoms with Crippen LogP contribution in [-0.4, -0.2) is 53.2 Å². The molecule has 0 radical (unpaired) electrons. The zero-order valence-corrected chi connectivity index (χ0v) is 21.5. The van der Waals surface area contributed by atoms with E-state index in [2.05, 4.69) is 5.32 Å². The number of pyridine rings is 1. The molecule has 0 bridgehead atoms. The van der Waals surface area contributed by atoms with Gasteiger partial charge in [-0.3, -0.25) is 14.4 Å². The highest BCUT2D eigenvalue weighted by molar-refractivity contribution is 6.30. The molecular formula is C26H31ClFN3O5. The van der Waals surface area contributed by atoms with Crippen molar-refractivity contribution < 1.29 is 23.5 Å². The Morgan fingerprint density at radius 2 is 2.03 bits per heavy atom. The number of aromatic nitrogens is 1. The van der Waals surface area contributed by atoms with Crippen LogP contribution in [0.1, 0.15) is 65.9 Å². The number of unbranched alkanes of at least 4 members (excludes halogenated alkanes) is 1. The van der Waals surface area contributed by atoms with Crippen molar-refractivity contribution in [3.8, 4) is 5.75 Å². The van der Waals surface area contributed by atoms with E-state index in [9.17, 15) is 18.8 Å². The lowest BCUT2D eigenvalue weighted by atomic mass is 9.71. The van der Waals surface area contributed by atoms with Gasteiger partial charge in [-0.2, -0.15) is 0 Å². The maximum Gasteiger partial charge on any atom is 0.275 e. The largest absolute Gasteiger partial charge is 0.487 e. The van der Waals surface area contributed by atoms with Crippen LogP contribution >= 0.6 is 11.6 Å². The summed E-state index contributed by atoms with van der Waals surface area (Å²) in [5.41, 5.74) is -0.927. The van der Waals surface area contributed by atoms with Crippen molar-refractivity contribution in [3.63, 3.8) is 0 Å². The number of hydrogen-bond donors (Lipinski definition) is 1. The topological polar surface area (TPSA) is 89.9 Å². The Kier molecular flexibility index (Phi) is 7.70. The first-order valence-corrected chi connectivity index (χ1v) is 12.6. The molecule has 1 aromatic heterocycles. The SMILES string of the molecule is CCCCOc1c2n(cc(C(=O)NCc3cccc(Cl)c3F)c1=O)C[C@]1(C[C@@H](OC)C1)N(CC)C2=O. The Bertz CT molecular complexity index is 1220. The van der Waals surface area contributed by atoms with E-state index in [1.165, 1.54) is 18.3 Å². The number of ether oxygens (including phenoxy) is 2. The molecule has 1 saturated carbocycles. The lowest BCUT2D eigenvalue weighted by molar-refractivity contribution is -0.0911. The number of rotatable bonds is 9. The number of fused-ring (bicyclic) bond motifs is 1. The molecule has 4 rings (SSSR count). The van der Waals surface area contributed by atoms with Crippen LogP contribution in [0.15, 0.2) is 29.2 Å². The first kappa shape index (κ1) is 26.2. The van der Waals surface area contributed by atoms with E-state index >= 15 is 0 Å². The highest BCUT2D eigenvalue weighted by Crippen LogP contribution is 2.44.